The molecule has 180 valence electrons. The van der Waals surface area contributed by atoms with Crippen LogP contribution >= 0.6 is 27.3 Å². The normalized spacial score (nSPS) is 11.2. The number of amides is 1. The molecule has 0 bridgehead atoms. The number of nitrogens with one attached hydrogen (secondary N) is 1. The number of hydrogen-bond acceptors (Lipinski definition) is 7. The average molecular weight is 573 g/mol. The Morgan fingerprint density at radius 2 is 1.77 bits per heavy atom. The zero-order chi connectivity index (χ0) is 25.0. The van der Waals surface area contributed by atoms with Gasteiger partial charge in [0, 0.05) is 5.56 Å². The van der Waals surface area contributed by atoms with Crippen LogP contribution in [0.25, 0.3) is 10.6 Å². The first-order valence-corrected chi connectivity index (χ1v) is 13.4. The molecule has 0 unspecified atom stereocenters. The van der Waals surface area contributed by atoms with Crippen LogP contribution in [0, 0.1) is 6.92 Å². The number of carbonyl (C=O) groups is 1. The van der Waals surface area contributed by atoms with E-state index in [4.69, 9.17) is 4.74 Å². The summed E-state index contributed by atoms with van der Waals surface area (Å²) < 4.78 is 34.0. The van der Waals surface area contributed by atoms with Gasteiger partial charge in [-0.3, -0.25) is 14.4 Å². The Hall–Kier alpha value is -3.28. The molecule has 0 spiro atoms. The van der Waals surface area contributed by atoms with Gasteiger partial charge in [-0.2, -0.15) is 0 Å². The highest BCUT2D eigenvalue weighted by atomic mass is 79.9. The van der Waals surface area contributed by atoms with Gasteiger partial charge in [0.25, 0.3) is 10.0 Å². The number of methoxy groups -OCH3 is 1. The summed E-state index contributed by atoms with van der Waals surface area (Å²) in [6.07, 6.45) is 0. The molecule has 0 atom stereocenters. The van der Waals surface area contributed by atoms with E-state index in [2.05, 4.69) is 31.4 Å². The second-order valence-electron chi connectivity index (χ2n) is 7.47. The van der Waals surface area contributed by atoms with Crippen LogP contribution in [0.15, 0.2) is 82.2 Å². The number of hydrogen-bond donors (Lipinski definition) is 1. The van der Waals surface area contributed by atoms with Crippen LogP contribution in [-0.2, 0) is 14.8 Å². The topological polar surface area (TPSA) is 101 Å². The predicted octanol–water partition coefficient (Wildman–Crippen LogP) is 5.12. The minimum Gasteiger partial charge on any atom is -0.496 e. The van der Waals surface area contributed by atoms with Crippen molar-refractivity contribution in [3.05, 3.63) is 82.8 Å². The molecule has 3 aromatic carbocycles. The molecule has 1 N–H and O–H groups in total. The SMILES string of the molecule is COc1ccc(S(=O)(=O)N(CC(=O)Nc2nnc(-c3ccccc3)s2)c2ccc(C)cc2)cc1Br. The lowest BCUT2D eigenvalue weighted by molar-refractivity contribution is -0.114. The Kier molecular flexibility index (Phi) is 7.48. The van der Waals surface area contributed by atoms with E-state index in [1.54, 1.807) is 30.3 Å². The van der Waals surface area contributed by atoms with Gasteiger partial charge in [0.1, 0.15) is 17.3 Å². The number of aromatic nitrogens is 2. The summed E-state index contributed by atoms with van der Waals surface area (Å²) in [6, 6.07) is 20.8. The molecule has 1 aromatic heterocycles. The summed E-state index contributed by atoms with van der Waals surface area (Å²) in [5.41, 5.74) is 2.20. The van der Waals surface area contributed by atoms with Gasteiger partial charge >= 0.3 is 0 Å². The van der Waals surface area contributed by atoms with E-state index in [9.17, 15) is 13.2 Å². The smallest absolute Gasteiger partial charge is 0.264 e. The predicted molar refractivity (Wildman–Crippen MR) is 140 cm³/mol. The quantitative estimate of drug-likeness (QED) is 0.314. The van der Waals surface area contributed by atoms with Crippen molar-refractivity contribution in [2.45, 2.75) is 11.8 Å². The molecule has 0 saturated carbocycles. The summed E-state index contributed by atoms with van der Waals surface area (Å²) >= 11 is 4.54. The fourth-order valence-electron chi connectivity index (χ4n) is 3.22. The number of rotatable bonds is 8. The number of nitrogens with zero attached hydrogens (tertiary/aromatic N) is 3. The van der Waals surface area contributed by atoms with Crippen molar-refractivity contribution < 1.29 is 17.9 Å². The molecule has 4 rings (SSSR count). The number of ether oxygens (including phenoxy) is 1. The van der Waals surface area contributed by atoms with Crippen molar-refractivity contribution in [3.8, 4) is 16.3 Å². The highest BCUT2D eigenvalue weighted by Gasteiger charge is 2.28. The molecule has 0 aliphatic heterocycles. The number of halogens is 1. The van der Waals surface area contributed by atoms with Crippen LogP contribution in [0.4, 0.5) is 10.8 Å². The van der Waals surface area contributed by atoms with Crippen molar-refractivity contribution >= 4 is 54.0 Å². The van der Waals surface area contributed by atoms with Gasteiger partial charge in [-0.15, -0.1) is 10.2 Å². The minimum absolute atomic E-state index is 0.0147. The van der Waals surface area contributed by atoms with Crippen LogP contribution in [0.5, 0.6) is 5.75 Å². The molecule has 0 aliphatic rings. The molecule has 8 nitrogen and oxygen atoms in total. The molecule has 0 aliphatic carbocycles. The van der Waals surface area contributed by atoms with E-state index in [0.717, 1.165) is 15.4 Å². The lowest BCUT2D eigenvalue weighted by Crippen LogP contribution is -2.38. The third kappa shape index (κ3) is 5.69. The molecule has 1 amide bonds. The molecule has 35 heavy (non-hydrogen) atoms. The van der Waals surface area contributed by atoms with E-state index in [1.807, 2.05) is 37.3 Å². The van der Waals surface area contributed by atoms with Crippen LogP contribution in [0.2, 0.25) is 0 Å². The summed E-state index contributed by atoms with van der Waals surface area (Å²) in [5.74, 6) is -0.0495. The highest BCUT2D eigenvalue weighted by molar-refractivity contribution is 9.10. The molecular formula is C24H21BrN4O4S2. The Bertz CT molecular complexity index is 1440. The third-order valence-corrected chi connectivity index (χ3v) is 8.29. The molecule has 0 saturated heterocycles. The summed E-state index contributed by atoms with van der Waals surface area (Å²) in [5, 5.41) is 11.7. The standard InChI is InChI=1S/C24H21BrN4O4S2/c1-16-8-10-18(11-9-16)29(35(31,32)19-12-13-21(33-2)20(25)14-19)15-22(30)26-24-28-27-23(34-24)17-6-4-3-5-7-17/h3-14H,15H2,1-2H3,(H,26,28,30). The molecule has 1 heterocycles. The fraction of sp³-hybridized carbons (Fsp3) is 0.125. The van der Waals surface area contributed by atoms with Crippen LogP contribution in [0.1, 0.15) is 5.56 Å². The van der Waals surface area contributed by atoms with Gasteiger partial charge in [-0.1, -0.05) is 59.4 Å². The first kappa shape index (κ1) is 24.8. The van der Waals surface area contributed by atoms with Gasteiger partial charge in [0.05, 0.1) is 22.2 Å². The van der Waals surface area contributed by atoms with Crippen LogP contribution in [-0.4, -0.2) is 38.2 Å². The lowest BCUT2D eigenvalue weighted by atomic mass is 10.2. The van der Waals surface area contributed by atoms with E-state index >= 15 is 0 Å². The molecular weight excluding hydrogens is 552 g/mol. The van der Waals surface area contributed by atoms with Crippen molar-refractivity contribution in [2.24, 2.45) is 0 Å². The number of benzene rings is 3. The molecule has 0 fully saturated rings. The first-order chi connectivity index (χ1) is 16.8. The zero-order valence-corrected chi connectivity index (χ0v) is 22.0. The second-order valence-corrected chi connectivity index (χ2v) is 11.2. The van der Waals surface area contributed by atoms with Crippen molar-refractivity contribution in [2.75, 3.05) is 23.3 Å². The van der Waals surface area contributed by atoms with Gasteiger partial charge < -0.3 is 4.74 Å². The highest BCUT2D eigenvalue weighted by Crippen LogP contribution is 2.31. The van der Waals surface area contributed by atoms with Gasteiger partial charge in [0.2, 0.25) is 11.0 Å². The van der Waals surface area contributed by atoms with Crippen LogP contribution < -0.4 is 14.4 Å². The number of sulfonamides is 1. The van der Waals surface area contributed by atoms with Gasteiger partial charge in [-0.25, -0.2) is 8.42 Å². The molecule has 0 radical (unpaired) electrons. The number of aryl methyl sites for hydroxylation is 1. The maximum absolute atomic E-state index is 13.6. The van der Waals surface area contributed by atoms with Crippen LogP contribution in [0.3, 0.4) is 0 Å². The van der Waals surface area contributed by atoms with Crippen molar-refractivity contribution in [1.82, 2.24) is 10.2 Å². The molecule has 11 heteroatoms. The monoisotopic (exact) mass is 572 g/mol. The van der Waals surface area contributed by atoms with E-state index in [1.165, 1.54) is 30.6 Å². The number of anilines is 2. The van der Waals surface area contributed by atoms with Gasteiger partial charge in [-0.05, 0) is 53.2 Å². The summed E-state index contributed by atoms with van der Waals surface area (Å²) in [4.78, 5) is 13.0. The Morgan fingerprint density at radius 1 is 1.06 bits per heavy atom. The third-order valence-electron chi connectivity index (χ3n) is 5.01. The minimum atomic E-state index is -4.09. The van der Waals surface area contributed by atoms with E-state index in [-0.39, 0.29) is 10.0 Å². The fourth-order valence-corrected chi connectivity index (χ4v) is 6.13. The average Bonchev–Trinajstić information content (AvgIpc) is 3.32. The lowest BCUT2D eigenvalue weighted by Gasteiger charge is -2.24. The largest absolute Gasteiger partial charge is 0.496 e. The summed E-state index contributed by atoms with van der Waals surface area (Å²) in [7, 11) is -2.59. The Balaban J connectivity index is 1.61. The van der Waals surface area contributed by atoms with Gasteiger partial charge in [0.15, 0.2) is 0 Å². The van der Waals surface area contributed by atoms with Crippen molar-refractivity contribution in [3.63, 3.8) is 0 Å². The maximum Gasteiger partial charge on any atom is 0.264 e. The van der Waals surface area contributed by atoms with E-state index in [0.29, 0.717) is 20.9 Å². The molecule has 4 aromatic rings. The Morgan fingerprint density at radius 3 is 2.43 bits per heavy atom. The maximum atomic E-state index is 13.6. The Labute approximate surface area is 215 Å². The zero-order valence-electron chi connectivity index (χ0n) is 18.8. The number of carbonyl (C=O) groups excluding carboxylic acids is 1. The first-order valence-electron chi connectivity index (χ1n) is 10.4. The summed E-state index contributed by atoms with van der Waals surface area (Å²) in [6.45, 7) is 1.45. The van der Waals surface area contributed by atoms with Crippen molar-refractivity contribution in [1.29, 1.82) is 0 Å². The second kappa shape index (κ2) is 10.5. The van der Waals surface area contributed by atoms with E-state index < -0.39 is 22.5 Å².